The lowest BCUT2D eigenvalue weighted by Gasteiger charge is -2.25. The zero-order valence-corrected chi connectivity index (χ0v) is 14.1. The fraction of sp³-hybridized carbons (Fsp3) is 0.667. The average molecular weight is 370 g/mol. The summed E-state index contributed by atoms with van der Waals surface area (Å²) in [5.74, 6) is 0. The third kappa shape index (κ3) is 3.71. The molecule has 19 heavy (non-hydrogen) atoms. The number of nitrogens with two attached hydrogens (primary N) is 1. The Morgan fingerprint density at radius 3 is 2.53 bits per heavy atom. The maximum atomic E-state index is 12.6. The quantitative estimate of drug-likeness (QED) is 0.739. The normalized spacial score (nSPS) is 12.3. The molecule has 0 radical (unpaired) electrons. The van der Waals surface area contributed by atoms with Gasteiger partial charge in [-0.15, -0.1) is 5.10 Å². The second kappa shape index (κ2) is 6.25. The summed E-state index contributed by atoms with van der Waals surface area (Å²) < 4.78 is 27.9. The van der Waals surface area contributed by atoms with Crippen molar-refractivity contribution < 1.29 is 8.42 Å². The summed E-state index contributed by atoms with van der Waals surface area (Å²) in [5, 5.41) is 7.39. The molecular formula is C9H16BrN5O2S2. The molecule has 0 bridgehead atoms. The van der Waals surface area contributed by atoms with Crippen molar-refractivity contribution in [3.8, 4) is 0 Å². The van der Waals surface area contributed by atoms with Gasteiger partial charge in [0, 0.05) is 26.1 Å². The molecule has 1 rings (SSSR count). The Morgan fingerprint density at radius 2 is 2.16 bits per heavy atom. The van der Waals surface area contributed by atoms with Crippen LogP contribution in [0.25, 0.3) is 0 Å². The first-order valence-corrected chi connectivity index (χ1v) is 8.17. The van der Waals surface area contributed by atoms with E-state index < -0.39 is 10.0 Å². The maximum Gasteiger partial charge on any atom is 0.263 e. The van der Waals surface area contributed by atoms with Crippen LogP contribution in [0.2, 0.25) is 0 Å². The molecule has 0 aliphatic carbocycles. The molecule has 108 valence electrons. The van der Waals surface area contributed by atoms with E-state index in [9.17, 15) is 8.42 Å². The van der Waals surface area contributed by atoms with E-state index in [4.69, 9.17) is 18.0 Å². The van der Waals surface area contributed by atoms with E-state index >= 15 is 0 Å². The van der Waals surface area contributed by atoms with E-state index in [0.29, 0.717) is 6.42 Å². The van der Waals surface area contributed by atoms with Crippen LogP contribution in [-0.2, 0) is 17.1 Å². The van der Waals surface area contributed by atoms with Crippen LogP contribution in [-0.4, -0.2) is 45.3 Å². The summed E-state index contributed by atoms with van der Waals surface area (Å²) in [6.07, 6.45) is 0.329. The lowest BCUT2D eigenvalue weighted by atomic mass is 10.3. The molecule has 0 spiro atoms. The molecule has 1 aromatic heterocycles. The van der Waals surface area contributed by atoms with Gasteiger partial charge in [0.25, 0.3) is 10.0 Å². The molecule has 0 fully saturated rings. The van der Waals surface area contributed by atoms with Crippen molar-refractivity contribution in [1.29, 1.82) is 0 Å². The molecule has 2 N–H and O–H groups in total. The number of hydrogen-bond donors (Lipinski definition) is 1. The van der Waals surface area contributed by atoms with Gasteiger partial charge in [0.2, 0.25) is 5.03 Å². The summed E-state index contributed by atoms with van der Waals surface area (Å²) in [5.41, 5.74) is 5.43. The van der Waals surface area contributed by atoms with E-state index in [0.717, 1.165) is 0 Å². The highest BCUT2D eigenvalue weighted by Crippen LogP contribution is 2.23. The van der Waals surface area contributed by atoms with Gasteiger partial charge in [-0.2, -0.15) is 4.31 Å². The molecule has 7 nitrogen and oxygen atoms in total. The van der Waals surface area contributed by atoms with Gasteiger partial charge < -0.3 is 5.73 Å². The summed E-state index contributed by atoms with van der Waals surface area (Å²) in [7, 11) is -2.18. The van der Waals surface area contributed by atoms with Crippen LogP contribution in [0.3, 0.4) is 0 Å². The average Bonchev–Trinajstić information content (AvgIpc) is 2.57. The van der Waals surface area contributed by atoms with Gasteiger partial charge in [-0.3, -0.25) is 0 Å². The fourth-order valence-electron chi connectivity index (χ4n) is 1.58. The van der Waals surface area contributed by atoms with E-state index in [1.54, 1.807) is 13.8 Å². The summed E-state index contributed by atoms with van der Waals surface area (Å²) in [6.45, 7) is 3.80. The molecule has 1 heterocycles. The zero-order chi connectivity index (χ0) is 14.8. The molecule has 0 saturated carbocycles. The Morgan fingerprint density at radius 1 is 1.58 bits per heavy atom. The molecule has 0 saturated heterocycles. The van der Waals surface area contributed by atoms with Crippen molar-refractivity contribution >= 4 is 43.2 Å². The van der Waals surface area contributed by atoms with Gasteiger partial charge in [-0.1, -0.05) is 17.4 Å². The van der Waals surface area contributed by atoms with Crippen LogP contribution in [0.5, 0.6) is 0 Å². The highest BCUT2D eigenvalue weighted by Gasteiger charge is 2.32. The molecule has 0 atom stereocenters. The number of sulfonamides is 1. The predicted octanol–water partition coefficient (Wildman–Crippen LogP) is 0.653. The van der Waals surface area contributed by atoms with Crippen molar-refractivity contribution in [2.75, 3.05) is 6.54 Å². The number of hydrogen-bond acceptors (Lipinski definition) is 5. The first-order valence-electron chi connectivity index (χ1n) is 5.53. The standard InChI is InChI=1S/C9H16BrN5O2S2/c1-6(2)15(5-4-7(11)18)19(16,17)9-8(10)12-13-14(9)3/h6H,4-5H2,1-3H3,(H2,11,18). The third-order valence-electron chi connectivity index (χ3n) is 2.44. The van der Waals surface area contributed by atoms with Crippen LogP contribution in [0.4, 0.5) is 0 Å². The number of nitrogens with zero attached hydrogens (tertiary/aromatic N) is 4. The Bertz CT molecular complexity index is 550. The van der Waals surface area contributed by atoms with Gasteiger partial charge in [0.15, 0.2) is 4.60 Å². The van der Waals surface area contributed by atoms with Gasteiger partial charge >= 0.3 is 0 Å². The summed E-state index contributed by atoms with van der Waals surface area (Å²) in [4.78, 5) is 0.281. The van der Waals surface area contributed by atoms with Gasteiger partial charge in [0.05, 0.1) is 4.99 Å². The highest BCUT2D eigenvalue weighted by atomic mass is 79.9. The second-order valence-electron chi connectivity index (χ2n) is 4.23. The van der Waals surface area contributed by atoms with E-state index in [2.05, 4.69) is 26.2 Å². The predicted molar refractivity (Wildman–Crippen MR) is 79.1 cm³/mol. The summed E-state index contributed by atoms with van der Waals surface area (Å²) in [6, 6.07) is -0.221. The number of thiocarbonyl (C=S) groups is 1. The van der Waals surface area contributed by atoms with E-state index in [1.807, 2.05) is 0 Å². The number of aromatic nitrogens is 3. The number of rotatable bonds is 6. The molecule has 0 aliphatic rings. The van der Waals surface area contributed by atoms with Crippen LogP contribution < -0.4 is 5.73 Å². The van der Waals surface area contributed by atoms with Gasteiger partial charge in [-0.25, -0.2) is 13.1 Å². The van der Waals surface area contributed by atoms with Gasteiger partial charge in [-0.05, 0) is 29.8 Å². The monoisotopic (exact) mass is 369 g/mol. The fourth-order valence-corrected chi connectivity index (χ4v) is 4.35. The molecule has 0 amide bonds. The molecular weight excluding hydrogens is 354 g/mol. The van der Waals surface area contributed by atoms with Crippen LogP contribution in [0.1, 0.15) is 20.3 Å². The Hall–Kier alpha value is -0.580. The first-order chi connectivity index (χ1) is 8.67. The van der Waals surface area contributed by atoms with Crippen LogP contribution >= 0.6 is 28.1 Å². The highest BCUT2D eigenvalue weighted by molar-refractivity contribution is 9.10. The van der Waals surface area contributed by atoms with Gasteiger partial charge in [0.1, 0.15) is 0 Å². The van der Waals surface area contributed by atoms with Crippen molar-refractivity contribution in [1.82, 2.24) is 19.3 Å². The largest absolute Gasteiger partial charge is 0.393 e. The minimum Gasteiger partial charge on any atom is -0.393 e. The minimum atomic E-state index is -3.70. The topological polar surface area (TPSA) is 94.1 Å². The number of aryl methyl sites for hydroxylation is 1. The van der Waals surface area contributed by atoms with Crippen molar-refractivity contribution in [3.05, 3.63) is 4.60 Å². The molecule has 10 heteroatoms. The molecule has 0 aromatic carbocycles. The van der Waals surface area contributed by atoms with E-state index in [1.165, 1.54) is 16.0 Å². The molecule has 0 unspecified atom stereocenters. The second-order valence-corrected chi connectivity index (χ2v) is 7.32. The van der Waals surface area contributed by atoms with E-state index in [-0.39, 0.29) is 27.2 Å². The Balaban J connectivity index is 3.17. The van der Waals surface area contributed by atoms with Crippen LogP contribution in [0, 0.1) is 0 Å². The molecule has 0 aliphatic heterocycles. The lowest BCUT2D eigenvalue weighted by Crippen LogP contribution is -2.39. The van der Waals surface area contributed by atoms with Crippen molar-refractivity contribution in [3.63, 3.8) is 0 Å². The first kappa shape index (κ1) is 16.5. The zero-order valence-electron chi connectivity index (χ0n) is 10.9. The van der Waals surface area contributed by atoms with Crippen molar-refractivity contribution in [2.24, 2.45) is 12.8 Å². The smallest absolute Gasteiger partial charge is 0.263 e. The third-order valence-corrected chi connectivity index (χ3v) is 5.61. The summed E-state index contributed by atoms with van der Waals surface area (Å²) >= 11 is 7.89. The number of halogens is 1. The van der Waals surface area contributed by atoms with Crippen molar-refractivity contribution in [2.45, 2.75) is 31.3 Å². The Labute approximate surface area is 126 Å². The SMILES string of the molecule is CC(C)N(CCC(N)=S)S(=O)(=O)c1c(Br)nnn1C. The minimum absolute atomic E-state index is 0.0177. The Kier molecular flexibility index (Phi) is 5.42. The van der Waals surface area contributed by atoms with Crippen LogP contribution in [0.15, 0.2) is 9.63 Å². The molecule has 1 aromatic rings. The maximum absolute atomic E-state index is 12.6. The lowest BCUT2D eigenvalue weighted by molar-refractivity contribution is 0.358.